The maximum atomic E-state index is 12.2. The molecule has 0 fully saturated rings. The van der Waals surface area contributed by atoms with Crippen molar-refractivity contribution in [2.45, 2.75) is 12.6 Å². The normalized spacial score (nSPS) is 11.2. The van der Waals surface area contributed by atoms with Crippen molar-refractivity contribution in [2.75, 3.05) is 13.6 Å². The zero-order valence-corrected chi connectivity index (χ0v) is 13.8. The first-order chi connectivity index (χ1) is 12.0. The van der Waals surface area contributed by atoms with Crippen LogP contribution in [0, 0.1) is 11.3 Å². The molecule has 128 valence electrons. The van der Waals surface area contributed by atoms with E-state index in [1.54, 1.807) is 54.6 Å². The zero-order chi connectivity index (χ0) is 18.2. The average molecular weight is 337 g/mol. The number of carbonyl (C=O) groups is 2. The predicted octanol–water partition coefficient (Wildman–Crippen LogP) is 1.37. The Labute approximate surface area is 146 Å². The number of benzene rings is 2. The van der Waals surface area contributed by atoms with Crippen LogP contribution in [0.4, 0.5) is 0 Å². The van der Waals surface area contributed by atoms with E-state index in [0.717, 1.165) is 5.56 Å². The first kappa shape index (κ1) is 18.2. The van der Waals surface area contributed by atoms with E-state index in [9.17, 15) is 14.7 Å². The lowest BCUT2D eigenvalue weighted by Crippen LogP contribution is -2.40. The number of carbonyl (C=O) groups excluding carboxylic acids is 2. The molecule has 0 saturated heterocycles. The van der Waals surface area contributed by atoms with Crippen molar-refractivity contribution in [3.63, 3.8) is 0 Å². The second-order valence-electron chi connectivity index (χ2n) is 5.59. The highest BCUT2D eigenvalue weighted by Crippen LogP contribution is 2.14. The topological polar surface area (TPSA) is 93.4 Å². The van der Waals surface area contributed by atoms with E-state index in [-0.39, 0.29) is 12.5 Å². The van der Waals surface area contributed by atoms with Crippen LogP contribution in [0.3, 0.4) is 0 Å². The van der Waals surface area contributed by atoms with Crippen LogP contribution in [0.15, 0.2) is 54.6 Å². The first-order valence-corrected chi connectivity index (χ1v) is 7.75. The van der Waals surface area contributed by atoms with Crippen molar-refractivity contribution >= 4 is 11.8 Å². The highest BCUT2D eigenvalue weighted by Gasteiger charge is 2.22. The second kappa shape index (κ2) is 8.62. The molecule has 2 N–H and O–H groups in total. The molecule has 0 aliphatic rings. The minimum atomic E-state index is -1.29. The summed E-state index contributed by atoms with van der Waals surface area (Å²) in [5, 5.41) is 21.5. The first-order valence-electron chi connectivity index (χ1n) is 7.75. The van der Waals surface area contributed by atoms with Crippen molar-refractivity contribution in [1.82, 2.24) is 10.2 Å². The molecule has 2 amide bonds. The smallest absolute Gasteiger partial charge is 0.256 e. The van der Waals surface area contributed by atoms with E-state index >= 15 is 0 Å². The number of nitrogens with one attached hydrogen (secondary N) is 1. The minimum absolute atomic E-state index is 0.154. The molecule has 0 heterocycles. The monoisotopic (exact) mass is 337 g/mol. The summed E-state index contributed by atoms with van der Waals surface area (Å²) in [5.74, 6) is -0.875. The highest BCUT2D eigenvalue weighted by atomic mass is 16.3. The number of aliphatic hydroxyl groups is 1. The molecule has 2 aromatic carbocycles. The summed E-state index contributed by atoms with van der Waals surface area (Å²) in [6, 6.07) is 17.5. The van der Waals surface area contributed by atoms with Gasteiger partial charge in [-0.3, -0.25) is 9.59 Å². The Morgan fingerprint density at radius 1 is 1.16 bits per heavy atom. The van der Waals surface area contributed by atoms with Crippen LogP contribution in [0.2, 0.25) is 0 Å². The summed E-state index contributed by atoms with van der Waals surface area (Å²) in [6.45, 7) is 0.146. The Morgan fingerprint density at radius 3 is 2.40 bits per heavy atom. The summed E-state index contributed by atoms with van der Waals surface area (Å²) in [5.41, 5.74) is 1.89. The van der Waals surface area contributed by atoms with Gasteiger partial charge >= 0.3 is 0 Å². The molecule has 0 spiro atoms. The number of likely N-dealkylation sites (N-methyl/N-ethyl adjacent to an activating group) is 1. The summed E-state index contributed by atoms with van der Waals surface area (Å²) in [7, 11) is 1.47. The van der Waals surface area contributed by atoms with E-state index in [0.29, 0.717) is 17.7 Å². The van der Waals surface area contributed by atoms with Crippen molar-refractivity contribution in [3.8, 4) is 6.07 Å². The van der Waals surface area contributed by atoms with Crippen molar-refractivity contribution in [1.29, 1.82) is 5.26 Å². The maximum Gasteiger partial charge on any atom is 0.256 e. The lowest BCUT2D eigenvalue weighted by atomic mass is 10.1. The molecule has 25 heavy (non-hydrogen) atoms. The van der Waals surface area contributed by atoms with Crippen LogP contribution >= 0.6 is 0 Å². The van der Waals surface area contributed by atoms with Gasteiger partial charge in [0.25, 0.3) is 5.91 Å². The van der Waals surface area contributed by atoms with E-state index in [2.05, 4.69) is 5.32 Å². The summed E-state index contributed by atoms with van der Waals surface area (Å²) in [6.07, 6.45) is -1.29. The van der Waals surface area contributed by atoms with Gasteiger partial charge in [-0.1, -0.05) is 42.5 Å². The summed E-state index contributed by atoms with van der Waals surface area (Å²) >= 11 is 0. The Bertz CT molecular complexity index is 767. The molecule has 0 radical (unpaired) electrons. The van der Waals surface area contributed by atoms with E-state index in [1.807, 2.05) is 6.07 Å². The molecule has 0 aromatic heterocycles. The largest absolute Gasteiger partial charge is 0.378 e. The number of nitriles is 1. The molecule has 6 nitrogen and oxygen atoms in total. The fourth-order valence-electron chi connectivity index (χ4n) is 2.23. The van der Waals surface area contributed by atoms with Crippen molar-refractivity contribution < 1.29 is 14.7 Å². The fraction of sp³-hybridized carbons (Fsp3) is 0.211. The van der Waals surface area contributed by atoms with E-state index in [1.165, 1.54) is 11.9 Å². The van der Waals surface area contributed by atoms with Gasteiger partial charge in [-0.25, -0.2) is 0 Å². The molecule has 1 unspecified atom stereocenters. The van der Waals surface area contributed by atoms with E-state index < -0.39 is 12.0 Å². The van der Waals surface area contributed by atoms with Crippen LogP contribution in [0.25, 0.3) is 0 Å². The molecule has 0 bridgehead atoms. The van der Waals surface area contributed by atoms with Gasteiger partial charge in [0.05, 0.1) is 18.2 Å². The van der Waals surface area contributed by atoms with Gasteiger partial charge in [0.2, 0.25) is 5.91 Å². The molecule has 0 aliphatic carbocycles. The van der Waals surface area contributed by atoms with Gasteiger partial charge in [0.15, 0.2) is 6.10 Å². The molecule has 0 aliphatic heterocycles. The third kappa shape index (κ3) is 5.16. The second-order valence-corrected chi connectivity index (χ2v) is 5.59. The number of rotatable bonds is 6. The molecular weight excluding hydrogens is 318 g/mol. The summed E-state index contributed by atoms with van der Waals surface area (Å²) < 4.78 is 0. The Hall–Kier alpha value is -3.17. The Balaban J connectivity index is 1.84. The maximum absolute atomic E-state index is 12.2. The average Bonchev–Trinajstić information content (AvgIpc) is 2.66. The SMILES string of the molecule is CN(CC(=O)NCc1ccc(C#N)cc1)C(=O)C(O)c1ccccc1. The van der Waals surface area contributed by atoms with Crippen LogP contribution in [0.1, 0.15) is 22.8 Å². The van der Waals surface area contributed by atoms with Crippen LogP contribution in [-0.2, 0) is 16.1 Å². The molecule has 2 rings (SSSR count). The molecule has 1 atom stereocenters. The lowest BCUT2D eigenvalue weighted by Gasteiger charge is -2.20. The molecule has 0 saturated carbocycles. The van der Waals surface area contributed by atoms with Gasteiger partial charge in [-0.2, -0.15) is 5.26 Å². The van der Waals surface area contributed by atoms with Crippen LogP contribution in [0.5, 0.6) is 0 Å². The predicted molar refractivity (Wildman–Crippen MR) is 92.0 cm³/mol. The third-order valence-electron chi connectivity index (χ3n) is 3.68. The van der Waals surface area contributed by atoms with E-state index in [4.69, 9.17) is 5.26 Å². The number of hydrogen-bond donors (Lipinski definition) is 2. The van der Waals surface area contributed by atoms with Crippen LogP contribution in [-0.4, -0.2) is 35.4 Å². The number of amides is 2. The number of hydrogen-bond acceptors (Lipinski definition) is 4. The van der Waals surface area contributed by atoms with Crippen LogP contribution < -0.4 is 5.32 Å². The van der Waals surface area contributed by atoms with Gasteiger partial charge < -0.3 is 15.3 Å². The van der Waals surface area contributed by atoms with Gasteiger partial charge in [-0.15, -0.1) is 0 Å². The molecular formula is C19H19N3O3. The molecule has 6 heteroatoms. The Morgan fingerprint density at radius 2 is 1.80 bits per heavy atom. The minimum Gasteiger partial charge on any atom is -0.378 e. The van der Waals surface area contributed by atoms with Gasteiger partial charge in [0.1, 0.15) is 0 Å². The zero-order valence-electron chi connectivity index (χ0n) is 13.8. The highest BCUT2D eigenvalue weighted by molar-refractivity contribution is 5.87. The van der Waals surface area contributed by atoms with Gasteiger partial charge in [0, 0.05) is 13.6 Å². The van der Waals surface area contributed by atoms with Gasteiger partial charge in [-0.05, 0) is 23.3 Å². The van der Waals surface area contributed by atoms with Crippen molar-refractivity contribution in [3.05, 3.63) is 71.3 Å². The fourth-order valence-corrected chi connectivity index (χ4v) is 2.23. The summed E-state index contributed by atoms with van der Waals surface area (Å²) in [4.78, 5) is 25.3. The standard InChI is InChI=1S/C19H19N3O3/c1-22(19(25)18(24)16-5-3-2-4-6-16)13-17(23)21-12-15-9-7-14(11-20)8-10-15/h2-10,18,24H,12-13H2,1H3,(H,21,23). The Kier molecular flexibility index (Phi) is 6.26. The van der Waals surface area contributed by atoms with Crippen molar-refractivity contribution in [2.24, 2.45) is 0 Å². The molecule has 2 aromatic rings. The number of nitrogens with zero attached hydrogens (tertiary/aromatic N) is 2. The lowest BCUT2D eigenvalue weighted by molar-refractivity contribution is -0.142. The third-order valence-corrected chi connectivity index (χ3v) is 3.68. The number of aliphatic hydroxyl groups excluding tert-OH is 1. The quantitative estimate of drug-likeness (QED) is 0.832.